The summed E-state index contributed by atoms with van der Waals surface area (Å²) in [6.07, 6.45) is 1.34. The maximum Gasteiger partial charge on any atom is 0.500 e. The molecule has 0 aliphatic heterocycles. The Kier molecular flexibility index (Phi) is 10.9. The van der Waals surface area contributed by atoms with Gasteiger partial charge in [-0.2, -0.15) is 0 Å². The van der Waals surface area contributed by atoms with Crippen LogP contribution in [0.3, 0.4) is 0 Å². The van der Waals surface area contributed by atoms with Crippen LogP contribution in [-0.4, -0.2) is 52.3 Å². The molecule has 0 aliphatic rings. The van der Waals surface area contributed by atoms with Crippen LogP contribution >= 0.6 is 0 Å². The highest BCUT2D eigenvalue weighted by Crippen LogP contribution is 2.17. The zero-order chi connectivity index (χ0) is 15.4. The molecule has 1 atom stereocenters. The van der Waals surface area contributed by atoms with Gasteiger partial charge in [0.15, 0.2) is 0 Å². The molecule has 0 radical (unpaired) electrons. The third-order valence-corrected chi connectivity index (χ3v) is 6.00. The summed E-state index contributed by atoms with van der Waals surface area (Å²) >= 11 is 0. The van der Waals surface area contributed by atoms with Gasteiger partial charge in [-0.15, -0.1) is 0 Å². The lowest BCUT2D eigenvalue weighted by atomic mass is 10.2. The fraction of sp³-hybridized carbons (Fsp3) is 0.923. The van der Waals surface area contributed by atoms with Crippen LogP contribution in [0.25, 0.3) is 0 Å². The molecule has 0 aromatic heterocycles. The minimum Gasteiger partial charge on any atom is -0.480 e. The predicted molar refractivity (Wildman–Crippen MR) is 79.8 cm³/mol. The van der Waals surface area contributed by atoms with Gasteiger partial charge in [-0.25, -0.2) is 0 Å². The first-order valence-corrected chi connectivity index (χ1v) is 9.36. The van der Waals surface area contributed by atoms with Crippen molar-refractivity contribution in [3.05, 3.63) is 0 Å². The summed E-state index contributed by atoms with van der Waals surface area (Å²) in [6.45, 7) is 9.93. The van der Waals surface area contributed by atoms with Crippen LogP contribution < -0.4 is 5.32 Å². The molecule has 0 spiro atoms. The van der Waals surface area contributed by atoms with E-state index in [0.29, 0.717) is 38.8 Å². The van der Waals surface area contributed by atoms with E-state index in [-0.39, 0.29) is 0 Å². The molecule has 6 nitrogen and oxygen atoms in total. The van der Waals surface area contributed by atoms with Crippen LogP contribution in [-0.2, 0) is 18.1 Å². The van der Waals surface area contributed by atoms with Gasteiger partial charge in [0.2, 0.25) is 0 Å². The molecule has 0 fully saturated rings. The Hall–Kier alpha value is -0.473. The molecule has 0 heterocycles. The van der Waals surface area contributed by atoms with Crippen LogP contribution in [0, 0.1) is 0 Å². The Morgan fingerprint density at radius 1 is 1.10 bits per heavy atom. The molecule has 0 bridgehead atoms. The molecule has 0 aromatic rings. The van der Waals surface area contributed by atoms with Gasteiger partial charge in [0.25, 0.3) is 0 Å². The van der Waals surface area contributed by atoms with Crippen molar-refractivity contribution in [3.8, 4) is 0 Å². The fourth-order valence-corrected chi connectivity index (χ4v) is 4.60. The van der Waals surface area contributed by atoms with Crippen molar-refractivity contribution in [1.82, 2.24) is 5.32 Å². The lowest BCUT2D eigenvalue weighted by Crippen LogP contribution is -2.46. The molecule has 20 heavy (non-hydrogen) atoms. The average Bonchev–Trinajstić information content (AvgIpc) is 2.39. The summed E-state index contributed by atoms with van der Waals surface area (Å²) in [6, 6.07) is 0.211. The topological polar surface area (TPSA) is 77.0 Å². The predicted octanol–water partition coefficient (Wildman–Crippen LogP) is 1.88. The SMILES string of the molecule is CCO[Si](CCCNC(CC)C(=O)O)(OCC)OCC. The summed E-state index contributed by atoms with van der Waals surface area (Å²) < 4.78 is 17.2. The van der Waals surface area contributed by atoms with E-state index in [1.807, 2.05) is 27.7 Å². The van der Waals surface area contributed by atoms with E-state index in [1.165, 1.54) is 0 Å². The number of carboxylic acids is 1. The number of rotatable bonds is 13. The summed E-state index contributed by atoms with van der Waals surface area (Å²) in [5.41, 5.74) is 0. The summed E-state index contributed by atoms with van der Waals surface area (Å²) in [5, 5.41) is 12.0. The summed E-state index contributed by atoms with van der Waals surface area (Å²) in [5.74, 6) is -0.810. The molecule has 1 unspecified atom stereocenters. The highest BCUT2D eigenvalue weighted by atomic mass is 28.4. The van der Waals surface area contributed by atoms with Crippen molar-refractivity contribution in [3.63, 3.8) is 0 Å². The number of hydrogen-bond acceptors (Lipinski definition) is 5. The second kappa shape index (κ2) is 11.2. The second-order valence-electron chi connectivity index (χ2n) is 4.34. The number of aliphatic carboxylic acids is 1. The molecule has 2 N–H and O–H groups in total. The van der Waals surface area contributed by atoms with Gasteiger partial charge in [-0.1, -0.05) is 6.92 Å². The molecular formula is C13H29NO5Si. The van der Waals surface area contributed by atoms with Crippen molar-refractivity contribution in [2.45, 2.75) is 52.6 Å². The van der Waals surface area contributed by atoms with Crippen LogP contribution in [0.2, 0.25) is 6.04 Å². The lowest BCUT2D eigenvalue weighted by molar-refractivity contribution is -0.139. The van der Waals surface area contributed by atoms with Crippen molar-refractivity contribution in [2.75, 3.05) is 26.4 Å². The molecule has 0 aliphatic carbocycles. The third kappa shape index (κ3) is 7.35. The first-order valence-electron chi connectivity index (χ1n) is 7.43. The maximum atomic E-state index is 10.9. The minimum atomic E-state index is -2.59. The first-order chi connectivity index (χ1) is 9.55. The van der Waals surface area contributed by atoms with Crippen LogP contribution in [0.1, 0.15) is 40.5 Å². The molecule has 0 rings (SSSR count). The quantitative estimate of drug-likeness (QED) is 0.400. The molecule has 0 saturated carbocycles. The highest BCUT2D eigenvalue weighted by Gasteiger charge is 2.39. The van der Waals surface area contributed by atoms with Crippen molar-refractivity contribution in [2.24, 2.45) is 0 Å². The molecule has 0 saturated heterocycles. The summed E-state index contributed by atoms with van der Waals surface area (Å²) in [4.78, 5) is 10.9. The first kappa shape index (κ1) is 19.5. The lowest BCUT2D eigenvalue weighted by Gasteiger charge is -2.28. The number of hydrogen-bond donors (Lipinski definition) is 2. The van der Waals surface area contributed by atoms with Crippen molar-refractivity contribution in [1.29, 1.82) is 0 Å². The van der Waals surface area contributed by atoms with E-state index in [2.05, 4.69) is 5.32 Å². The fourth-order valence-electron chi connectivity index (χ4n) is 1.99. The zero-order valence-electron chi connectivity index (χ0n) is 13.1. The Labute approximate surface area is 123 Å². The Balaban J connectivity index is 4.27. The Morgan fingerprint density at radius 3 is 1.95 bits per heavy atom. The van der Waals surface area contributed by atoms with Gasteiger partial charge in [0, 0.05) is 25.9 Å². The van der Waals surface area contributed by atoms with E-state index in [1.54, 1.807) is 0 Å². The molecule has 120 valence electrons. The third-order valence-electron chi connectivity index (χ3n) is 2.85. The molecule has 0 amide bonds. The van der Waals surface area contributed by atoms with Crippen molar-refractivity contribution >= 4 is 14.8 Å². The Bertz CT molecular complexity index is 248. The van der Waals surface area contributed by atoms with Gasteiger partial charge in [-0.05, 0) is 40.2 Å². The molecular weight excluding hydrogens is 278 g/mol. The van der Waals surface area contributed by atoms with E-state index >= 15 is 0 Å². The zero-order valence-corrected chi connectivity index (χ0v) is 14.1. The number of nitrogens with one attached hydrogen (secondary N) is 1. The monoisotopic (exact) mass is 307 g/mol. The van der Waals surface area contributed by atoms with E-state index in [9.17, 15) is 4.79 Å². The maximum absolute atomic E-state index is 10.9. The van der Waals surface area contributed by atoms with Gasteiger partial charge in [-0.3, -0.25) is 4.79 Å². The van der Waals surface area contributed by atoms with Crippen LogP contribution in [0.4, 0.5) is 0 Å². The smallest absolute Gasteiger partial charge is 0.480 e. The standard InChI is InChI=1S/C13H29NO5Si/c1-5-12(13(15)16)14-10-9-11-20(17-6-2,18-7-3)19-8-4/h12,14H,5-11H2,1-4H3,(H,15,16). The van der Waals surface area contributed by atoms with Gasteiger partial charge >= 0.3 is 14.8 Å². The number of carbonyl (C=O) groups is 1. The normalized spacial score (nSPS) is 13.4. The molecule has 7 heteroatoms. The largest absolute Gasteiger partial charge is 0.500 e. The minimum absolute atomic E-state index is 0.489. The average molecular weight is 307 g/mol. The van der Waals surface area contributed by atoms with E-state index in [0.717, 1.165) is 6.42 Å². The highest BCUT2D eigenvalue weighted by molar-refractivity contribution is 6.60. The summed E-state index contributed by atoms with van der Waals surface area (Å²) in [7, 11) is -2.59. The van der Waals surface area contributed by atoms with E-state index in [4.69, 9.17) is 18.4 Å². The second-order valence-corrected chi connectivity index (χ2v) is 7.07. The van der Waals surface area contributed by atoms with E-state index < -0.39 is 20.8 Å². The Morgan fingerprint density at radius 2 is 1.60 bits per heavy atom. The van der Waals surface area contributed by atoms with Crippen LogP contribution in [0.5, 0.6) is 0 Å². The van der Waals surface area contributed by atoms with Crippen molar-refractivity contribution < 1.29 is 23.2 Å². The number of carboxylic acid groups (broad SMARTS) is 1. The van der Waals surface area contributed by atoms with Gasteiger partial charge < -0.3 is 23.7 Å². The van der Waals surface area contributed by atoms with Gasteiger partial charge in [0.1, 0.15) is 6.04 Å². The van der Waals surface area contributed by atoms with Gasteiger partial charge in [0.05, 0.1) is 0 Å². The molecule has 0 aromatic carbocycles. The van der Waals surface area contributed by atoms with Crippen LogP contribution in [0.15, 0.2) is 0 Å².